The number of anilines is 1. The molecule has 1 amide bonds. The first-order valence-electron chi connectivity index (χ1n) is 8.24. The van der Waals surface area contributed by atoms with Gasteiger partial charge in [0.2, 0.25) is 5.91 Å². The Labute approximate surface area is 162 Å². The molecule has 132 valence electrons. The van der Waals surface area contributed by atoms with E-state index in [1.165, 1.54) is 0 Å². The van der Waals surface area contributed by atoms with E-state index in [0.29, 0.717) is 28.2 Å². The summed E-state index contributed by atoms with van der Waals surface area (Å²) in [6.07, 6.45) is 1.85. The first kappa shape index (κ1) is 18.5. The molecule has 0 bridgehead atoms. The Hall–Kier alpha value is -1.26. The summed E-state index contributed by atoms with van der Waals surface area (Å²) < 4.78 is 0. The van der Waals surface area contributed by atoms with Crippen LogP contribution in [0.3, 0.4) is 0 Å². The van der Waals surface area contributed by atoms with E-state index in [1.54, 1.807) is 12.1 Å². The smallest absolute Gasteiger partial charge is 0.228 e. The highest BCUT2D eigenvalue weighted by atomic mass is 35.5. The van der Waals surface area contributed by atoms with E-state index < -0.39 is 0 Å². The summed E-state index contributed by atoms with van der Waals surface area (Å²) in [6, 6.07) is 12.7. The second-order valence-corrected chi connectivity index (χ2v) is 7.52. The van der Waals surface area contributed by atoms with Gasteiger partial charge in [-0.1, -0.05) is 40.9 Å². The summed E-state index contributed by atoms with van der Waals surface area (Å²) in [5.74, 6) is -0.0111. The van der Waals surface area contributed by atoms with Crippen molar-refractivity contribution in [2.45, 2.75) is 19.4 Å². The van der Waals surface area contributed by atoms with Gasteiger partial charge in [-0.15, -0.1) is 0 Å². The van der Waals surface area contributed by atoms with Gasteiger partial charge in [0.1, 0.15) is 0 Å². The van der Waals surface area contributed by atoms with Crippen molar-refractivity contribution in [3.8, 4) is 0 Å². The summed E-state index contributed by atoms with van der Waals surface area (Å²) in [7, 11) is 0. The van der Waals surface area contributed by atoms with Crippen molar-refractivity contribution in [3.05, 3.63) is 63.1 Å². The zero-order valence-electron chi connectivity index (χ0n) is 13.6. The van der Waals surface area contributed by atoms with Gasteiger partial charge >= 0.3 is 0 Å². The highest BCUT2D eigenvalue weighted by molar-refractivity contribution is 6.36. The third-order valence-electron chi connectivity index (χ3n) is 4.43. The number of piperidine rings is 1. The topological polar surface area (TPSA) is 32.3 Å². The molecule has 1 heterocycles. The maximum atomic E-state index is 12.6. The highest BCUT2D eigenvalue weighted by Crippen LogP contribution is 2.28. The van der Waals surface area contributed by atoms with E-state index in [2.05, 4.69) is 10.2 Å². The number of carbonyl (C=O) groups is 1. The van der Waals surface area contributed by atoms with Crippen LogP contribution in [0.4, 0.5) is 5.69 Å². The Morgan fingerprint density at radius 1 is 1.08 bits per heavy atom. The second kappa shape index (κ2) is 8.41. The van der Waals surface area contributed by atoms with Crippen LogP contribution in [0.25, 0.3) is 0 Å². The number of nitrogens with zero attached hydrogens (tertiary/aromatic N) is 1. The molecule has 0 radical (unpaired) electrons. The van der Waals surface area contributed by atoms with E-state index in [1.807, 2.05) is 30.3 Å². The van der Waals surface area contributed by atoms with Gasteiger partial charge in [-0.05, 0) is 55.8 Å². The molecular weight excluding hydrogens is 379 g/mol. The fraction of sp³-hybridized carbons (Fsp3) is 0.316. The lowest BCUT2D eigenvalue weighted by atomic mass is 9.96. The second-order valence-electron chi connectivity index (χ2n) is 6.27. The van der Waals surface area contributed by atoms with Gasteiger partial charge in [0.15, 0.2) is 0 Å². The van der Waals surface area contributed by atoms with Crippen molar-refractivity contribution < 1.29 is 4.79 Å². The summed E-state index contributed by atoms with van der Waals surface area (Å²) in [4.78, 5) is 14.8. The van der Waals surface area contributed by atoms with Crippen molar-refractivity contribution >= 4 is 46.4 Å². The first-order chi connectivity index (χ1) is 12.0. The number of nitrogens with one attached hydrogen (secondary N) is 1. The number of amides is 1. The Morgan fingerprint density at radius 2 is 1.76 bits per heavy atom. The van der Waals surface area contributed by atoms with Gasteiger partial charge in [0.25, 0.3) is 0 Å². The lowest BCUT2D eigenvalue weighted by Crippen LogP contribution is -2.40. The Kier molecular flexibility index (Phi) is 6.24. The summed E-state index contributed by atoms with van der Waals surface area (Å²) >= 11 is 18.4. The molecule has 1 saturated heterocycles. The number of halogens is 3. The molecule has 1 aliphatic heterocycles. The van der Waals surface area contributed by atoms with Crippen LogP contribution in [0.2, 0.25) is 15.1 Å². The molecule has 1 fully saturated rings. The molecule has 3 nitrogen and oxygen atoms in total. The first-order valence-corrected chi connectivity index (χ1v) is 9.38. The number of hydrogen-bond donors (Lipinski definition) is 1. The van der Waals surface area contributed by atoms with Crippen LogP contribution in [-0.2, 0) is 11.3 Å². The average Bonchev–Trinajstić information content (AvgIpc) is 2.60. The predicted octanol–water partition coefficient (Wildman–Crippen LogP) is 5.50. The Bertz CT molecular complexity index is 729. The normalized spacial score (nSPS) is 18.1. The minimum atomic E-state index is -0.0503. The van der Waals surface area contributed by atoms with Crippen molar-refractivity contribution in [1.29, 1.82) is 0 Å². The molecule has 1 N–H and O–H groups in total. The van der Waals surface area contributed by atoms with Crippen LogP contribution in [0.15, 0.2) is 42.5 Å². The van der Waals surface area contributed by atoms with Crippen LogP contribution in [-0.4, -0.2) is 23.9 Å². The number of benzene rings is 2. The van der Waals surface area contributed by atoms with Crippen molar-refractivity contribution in [2.75, 3.05) is 18.4 Å². The fourth-order valence-electron chi connectivity index (χ4n) is 3.10. The molecule has 2 aromatic rings. The van der Waals surface area contributed by atoms with Gasteiger partial charge in [0, 0.05) is 39.4 Å². The van der Waals surface area contributed by atoms with E-state index in [0.717, 1.165) is 30.6 Å². The monoisotopic (exact) mass is 396 g/mol. The molecule has 0 spiro atoms. The van der Waals surface area contributed by atoms with Crippen molar-refractivity contribution in [1.82, 2.24) is 4.90 Å². The Balaban J connectivity index is 1.62. The van der Waals surface area contributed by atoms with Gasteiger partial charge in [0.05, 0.1) is 5.92 Å². The van der Waals surface area contributed by atoms with Gasteiger partial charge in [-0.25, -0.2) is 0 Å². The van der Waals surface area contributed by atoms with Crippen LogP contribution in [0.1, 0.15) is 18.4 Å². The molecule has 1 atom stereocenters. The molecular formula is C19H19Cl3N2O. The SMILES string of the molecule is O=C(Nc1ccc(Cl)cc1)[C@@H]1CCCN(Cc2c(Cl)cccc2Cl)C1. The van der Waals surface area contributed by atoms with E-state index >= 15 is 0 Å². The number of likely N-dealkylation sites (tertiary alicyclic amines) is 1. The van der Waals surface area contributed by atoms with E-state index in [9.17, 15) is 4.79 Å². The minimum absolute atomic E-state index is 0.0391. The maximum Gasteiger partial charge on any atom is 0.228 e. The quantitative estimate of drug-likeness (QED) is 0.739. The largest absolute Gasteiger partial charge is 0.326 e. The molecule has 0 saturated carbocycles. The third-order valence-corrected chi connectivity index (χ3v) is 5.39. The molecule has 0 aromatic heterocycles. The lowest BCUT2D eigenvalue weighted by Gasteiger charge is -2.32. The van der Waals surface area contributed by atoms with Gasteiger partial charge < -0.3 is 5.32 Å². The molecule has 6 heteroatoms. The van der Waals surface area contributed by atoms with E-state index in [4.69, 9.17) is 34.8 Å². The summed E-state index contributed by atoms with van der Waals surface area (Å²) in [5, 5.41) is 4.95. The molecule has 2 aromatic carbocycles. The van der Waals surface area contributed by atoms with Crippen molar-refractivity contribution in [3.63, 3.8) is 0 Å². The summed E-state index contributed by atoms with van der Waals surface area (Å²) in [5.41, 5.74) is 1.69. The summed E-state index contributed by atoms with van der Waals surface area (Å²) in [6.45, 7) is 2.29. The number of carbonyl (C=O) groups excluding carboxylic acids is 1. The van der Waals surface area contributed by atoms with E-state index in [-0.39, 0.29) is 11.8 Å². The van der Waals surface area contributed by atoms with Crippen LogP contribution in [0, 0.1) is 5.92 Å². The predicted molar refractivity (Wildman–Crippen MR) is 105 cm³/mol. The lowest BCUT2D eigenvalue weighted by molar-refractivity contribution is -0.121. The maximum absolute atomic E-state index is 12.6. The van der Waals surface area contributed by atoms with Gasteiger partial charge in [-0.3, -0.25) is 9.69 Å². The zero-order chi connectivity index (χ0) is 17.8. The van der Waals surface area contributed by atoms with Crippen LogP contribution >= 0.6 is 34.8 Å². The number of hydrogen-bond acceptors (Lipinski definition) is 2. The average molecular weight is 398 g/mol. The van der Waals surface area contributed by atoms with Crippen LogP contribution in [0.5, 0.6) is 0 Å². The Morgan fingerprint density at radius 3 is 2.44 bits per heavy atom. The minimum Gasteiger partial charge on any atom is -0.326 e. The molecule has 25 heavy (non-hydrogen) atoms. The van der Waals surface area contributed by atoms with Crippen LogP contribution < -0.4 is 5.32 Å². The third kappa shape index (κ3) is 4.89. The van der Waals surface area contributed by atoms with Crippen molar-refractivity contribution in [2.24, 2.45) is 5.92 Å². The highest BCUT2D eigenvalue weighted by Gasteiger charge is 2.26. The molecule has 0 unspecified atom stereocenters. The zero-order valence-corrected chi connectivity index (χ0v) is 15.9. The molecule has 3 rings (SSSR count). The number of rotatable bonds is 4. The molecule has 0 aliphatic carbocycles. The standard InChI is InChI=1S/C19H19Cl3N2O/c20-14-6-8-15(9-7-14)23-19(25)13-3-2-10-24(11-13)12-16-17(21)4-1-5-18(16)22/h1,4-9,13H,2-3,10-12H2,(H,23,25)/t13-/m1/s1. The van der Waals surface area contributed by atoms with Gasteiger partial charge in [-0.2, -0.15) is 0 Å². The fourth-order valence-corrected chi connectivity index (χ4v) is 3.74. The molecule has 1 aliphatic rings.